The zero-order valence-corrected chi connectivity index (χ0v) is 10.1. The van der Waals surface area contributed by atoms with Crippen LogP contribution in [0.15, 0.2) is 18.2 Å². The lowest BCUT2D eigenvalue weighted by Gasteiger charge is -2.17. The molecule has 1 aromatic rings. The molecule has 1 amide bonds. The maximum Gasteiger partial charge on any atom is 0.228 e. The predicted molar refractivity (Wildman–Crippen MR) is 67.0 cm³/mol. The van der Waals surface area contributed by atoms with Crippen LogP contribution in [0, 0.1) is 25.2 Å². The number of carbonyl (C=O) groups is 1. The van der Waals surface area contributed by atoms with E-state index in [1.165, 1.54) is 0 Å². The summed E-state index contributed by atoms with van der Waals surface area (Å²) in [6.45, 7) is 2.57. The third-order valence-electron chi connectivity index (χ3n) is 3.05. The Morgan fingerprint density at radius 3 is 2.82 bits per heavy atom. The summed E-state index contributed by atoms with van der Waals surface area (Å²) in [5, 5.41) is 0. The molecule has 0 radical (unpaired) electrons. The van der Waals surface area contributed by atoms with Crippen LogP contribution < -0.4 is 9.64 Å². The van der Waals surface area contributed by atoms with Crippen molar-refractivity contribution in [3.63, 3.8) is 0 Å². The molecule has 1 aliphatic rings. The number of methoxy groups -OCH3 is 1. The number of carbonyl (C=O) groups excluding carboxylic acids is 1. The number of rotatable bonds is 2. The first-order valence-electron chi connectivity index (χ1n) is 5.57. The van der Waals surface area contributed by atoms with Gasteiger partial charge >= 0.3 is 0 Å². The summed E-state index contributed by atoms with van der Waals surface area (Å²) >= 11 is 0. The number of hydrogen-bond acceptors (Lipinski definition) is 2. The van der Waals surface area contributed by atoms with Crippen molar-refractivity contribution in [3.8, 4) is 18.1 Å². The predicted octanol–water partition coefficient (Wildman–Crippen LogP) is 1.99. The molecule has 0 saturated carbocycles. The molecule has 1 atom stereocenters. The van der Waals surface area contributed by atoms with Crippen molar-refractivity contribution in [1.29, 1.82) is 0 Å². The Labute approximate surface area is 101 Å². The van der Waals surface area contributed by atoms with Crippen molar-refractivity contribution in [2.24, 2.45) is 5.92 Å². The van der Waals surface area contributed by atoms with Gasteiger partial charge in [0.1, 0.15) is 5.75 Å². The van der Waals surface area contributed by atoms with Crippen LogP contribution >= 0.6 is 0 Å². The van der Waals surface area contributed by atoms with Gasteiger partial charge in [-0.2, -0.15) is 0 Å². The Hall–Kier alpha value is -1.95. The van der Waals surface area contributed by atoms with Crippen molar-refractivity contribution in [3.05, 3.63) is 23.8 Å². The summed E-state index contributed by atoms with van der Waals surface area (Å²) in [7, 11) is 1.64. The number of nitrogens with zero attached hydrogens (tertiary/aromatic N) is 1. The second-order valence-corrected chi connectivity index (χ2v) is 4.23. The third kappa shape index (κ3) is 2.12. The summed E-state index contributed by atoms with van der Waals surface area (Å²) in [5.41, 5.74) is 1.91. The number of aryl methyl sites for hydroxylation is 1. The Bertz CT molecular complexity index is 487. The quantitative estimate of drug-likeness (QED) is 0.726. The summed E-state index contributed by atoms with van der Waals surface area (Å²) in [5.74, 6) is 3.60. The standard InChI is InChI=1S/C14H15NO2/c1-4-11-8-14(16)15(9-11)12-5-6-13(17-3)10(2)7-12/h1,5-7,11H,8-9H2,2-3H3. The highest BCUT2D eigenvalue weighted by atomic mass is 16.5. The van der Waals surface area contributed by atoms with E-state index in [9.17, 15) is 4.79 Å². The fourth-order valence-corrected chi connectivity index (χ4v) is 2.10. The number of ether oxygens (including phenoxy) is 1. The number of hydrogen-bond donors (Lipinski definition) is 0. The second-order valence-electron chi connectivity index (χ2n) is 4.23. The van der Waals surface area contributed by atoms with Gasteiger partial charge in [-0.15, -0.1) is 12.3 Å². The molecule has 1 saturated heterocycles. The lowest BCUT2D eigenvalue weighted by atomic mass is 10.1. The summed E-state index contributed by atoms with van der Waals surface area (Å²) < 4.78 is 5.20. The third-order valence-corrected chi connectivity index (χ3v) is 3.05. The molecule has 3 heteroatoms. The van der Waals surface area contributed by atoms with Crippen LogP contribution in [0.4, 0.5) is 5.69 Å². The highest BCUT2D eigenvalue weighted by Crippen LogP contribution is 2.28. The molecule has 1 fully saturated rings. The largest absolute Gasteiger partial charge is 0.496 e. The molecular weight excluding hydrogens is 214 g/mol. The molecule has 1 heterocycles. The van der Waals surface area contributed by atoms with Gasteiger partial charge in [-0.1, -0.05) is 0 Å². The van der Waals surface area contributed by atoms with E-state index in [1.807, 2.05) is 25.1 Å². The molecule has 3 nitrogen and oxygen atoms in total. The minimum Gasteiger partial charge on any atom is -0.496 e. The van der Waals surface area contributed by atoms with Crippen LogP contribution in [0.2, 0.25) is 0 Å². The van der Waals surface area contributed by atoms with Gasteiger partial charge in [0.2, 0.25) is 5.91 Å². The van der Waals surface area contributed by atoms with E-state index >= 15 is 0 Å². The first-order chi connectivity index (χ1) is 8.15. The molecule has 0 bridgehead atoms. The maximum absolute atomic E-state index is 11.8. The van der Waals surface area contributed by atoms with Crippen molar-refractivity contribution in [2.45, 2.75) is 13.3 Å². The normalized spacial score (nSPS) is 19.2. The van der Waals surface area contributed by atoms with E-state index in [2.05, 4.69) is 5.92 Å². The average molecular weight is 229 g/mol. The first kappa shape index (κ1) is 11.5. The van der Waals surface area contributed by atoms with Gasteiger partial charge in [-0.25, -0.2) is 0 Å². The van der Waals surface area contributed by atoms with Crippen LogP contribution in [0.25, 0.3) is 0 Å². The second kappa shape index (κ2) is 4.50. The average Bonchev–Trinajstić information content (AvgIpc) is 2.70. The highest BCUT2D eigenvalue weighted by molar-refractivity contribution is 5.96. The molecule has 2 rings (SSSR count). The van der Waals surface area contributed by atoms with Gasteiger partial charge in [-0.3, -0.25) is 4.79 Å². The Morgan fingerprint density at radius 2 is 2.29 bits per heavy atom. The minimum atomic E-state index is 0.0323. The molecule has 17 heavy (non-hydrogen) atoms. The van der Waals surface area contributed by atoms with Gasteiger partial charge in [0.15, 0.2) is 0 Å². The van der Waals surface area contributed by atoms with Crippen molar-refractivity contribution < 1.29 is 9.53 Å². The van der Waals surface area contributed by atoms with Gasteiger partial charge in [-0.05, 0) is 30.7 Å². The van der Waals surface area contributed by atoms with Gasteiger partial charge < -0.3 is 9.64 Å². The lowest BCUT2D eigenvalue weighted by Crippen LogP contribution is -2.24. The van der Waals surface area contributed by atoms with Crippen LogP contribution in [0.1, 0.15) is 12.0 Å². The maximum atomic E-state index is 11.8. The highest BCUT2D eigenvalue weighted by Gasteiger charge is 2.29. The van der Waals surface area contributed by atoms with Crippen LogP contribution in [-0.2, 0) is 4.79 Å². The van der Waals surface area contributed by atoms with Gasteiger partial charge in [0, 0.05) is 24.6 Å². The number of terminal acetylenes is 1. The topological polar surface area (TPSA) is 29.5 Å². The lowest BCUT2D eigenvalue weighted by molar-refractivity contribution is -0.117. The van der Waals surface area contributed by atoms with E-state index in [-0.39, 0.29) is 11.8 Å². The first-order valence-corrected chi connectivity index (χ1v) is 5.57. The molecule has 1 unspecified atom stereocenters. The van der Waals surface area contributed by atoms with Crippen LogP contribution in [0.3, 0.4) is 0 Å². The van der Waals surface area contributed by atoms with E-state index in [0.717, 1.165) is 17.0 Å². The van der Waals surface area contributed by atoms with E-state index < -0.39 is 0 Å². The molecule has 0 spiro atoms. The monoisotopic (exact) mass is 229 g/mol. The number of amides is 1. The zero-order valence-electron chi connectivity index (χ0n) is 10.1. The molecule has 0 N–H and O–H groups in total. The smallest absolute Gasteiger partial charge is 0.228 e. The van der Waals surface area contributed by atoms with Gasteiger partial charge in [0.05, 0.1) is 7.11 Å². The summed E-state index contributed by atoms with van der Waals surface area (Å²) in [6.07, 6.45) is 5.81. The fraction of sp³-hybridized carbons (Fsp3) is 0.357. The van der Waals surface area contributed by atoms with E-state index in [0.29, 0.717) is 13.0 Å². The Kier molecular flexibility index (Phi) is 3.06. The molecular formula is C14H15NO2. The van der Waals surface area contributed by atoms with Gasteiger partial charge in [0.25, 0.3) is 0 Å². The molecule has 0 aromatic heterocycles. The SMILES string of the molecule is C#CC1CC(=O)N(c2ccc(OC)c(C)c2)C1. The Balaban J connectivity index is 2.27. The van der Waals surface area contributed by atoms with E-state index in [4.69, 9.17) is 11.2 Å². The number of benzene rings is 1. The van der Waals surface area contributed by atoms with Crippen molar-refractivity contribution >= 4 is 11.6 Å². The van der Waals surface area contributed by atoms with Crippen molar-refractivity contribution in [1.82, 2.24) is 0 Å². The Morgan fingerprint density at radius 1 is 1.53 bits per heavy atom. The zero-order chi connectivity index (χ0) is 12.4. The summed E-state index contributed by atoms with van der Waals surface area (Å²) in [6, 6.07) is 5.72. The van der Waals surface area contributed by atoms with Crippen LogP contribution in [0.5, 0.6) is 5.75 Å². The molecule has 0 aliphatic carbocycles. The van der Waals surface area contributed by atoms with Crippen LogP contribution in [-0.4, -0.2) is 19.6 Å². The molecule has 1 aliphatic heterocycles. The fourth-order valence-electron chi connectivity index (χ4n) is 2.10. The van der Waals surface area contributed by atoms with E-state index in [1.54, 1.807) is 12.0 Å². The summed E-state index contributed by atoms with van der Waals surface area (Å²) in [4.78, 5) is 13.6. The molecule has 88 valence electrons. The van der Waals surface area contributed by atoms with Crippen molar-refractivity contribution in [2.75, 3.05) is 18.6 Å². The number of anilines is 1. The molecule has 1 aromatic carbocycles. The minimum absolute atomic E-state index is 0.0323.